The van der Waals surface area contributed by atoms with Gasteiger partial charge >= 0.3 is 0 Å². The average molecular weight is 172 g/mol. The molecule has 0 saturated carbocycles. The van der Waals surface area contributed by atoms with Crippen LogP contribution in [-0.4, -0.2) is 39.2 Å². The van der Waals surface area contributed by atoms with Crippen molar-refractivity contribution in [1.82, 2.24) is 25.1 Å². The highest BCUT2D eigenvalue weighted by atomic mass is 32.2. The van der Waals surface area contributed by atoms with Crippen molar-refractivity contribution in [2.24, 2.45) is 0 Å². The summed E-state index contributed by atoms with van der Waals surface area (Å²) >= 11 is 1.29. The second-order valence-corrected chi connectivity index (χ2v) is 2.98. The Morgan fingerprint density at radius 2 is 2.36 bits per heavy atom. The van der Waals surface area contributed by atoms with E-state index < -0.39 is 0 Å². The van der Waals surface area contributed by atoms with Crippen LogP contribution in [0.4, 0.5) is 0 Å². The fraction of sp³-hybridized carbons (Fsp3) is 0.600. The Balaban J connectivity index is 2.68. The molecule has 1 heterocycles. The topological polar surface area (TPSA) is 46.8 Å². The van der Waals surface area contributed by atoms with Gasteiger partial charge in [0.25, 0.3) is 0 Å². The summed E-state index contributed by atoms with van der Waals surface area (Å²) in [5, 5.41) is 11.8. The Morgan fingerprint density at radius 1 is 1.64 bits per heavy atom. The van der Waals surface area contributed by atoms with Crippen molar-refractivity contribution in [3.8, 4) is 0 Å². The van der Waals surface area contributed by atoms with E-state index >= 15 is 0 Å². The first-order chi connectivity index (χ1) is 5.24. The molecule has 0 aromatic carbocycles. The molecule has 1 radical (unpaired) electrons. The molecule has 0 unspecified atom stereocenters. The summed E-state index contributed by atoms with van der Waals surface area (Å²) < 4.78 is 1.69. The van der Waals surface area contributed by atoms with Crippen LogP contribution >= 0.6 is 11.8 Å². The molecule has 0 N–H and O–H groups in total. The molecule has 5 nitrogen and oxygen atoms in total. The first kappa shape index (κ1) is 8.48. The minimum Gasteiger partial charge on any atom is -0.290 e. The highest BCUT2D eigenvalue weighted by Crippen LogP contribution is 2.09. The van der Waals surface area contributed by atoms with Gasteiger partial charge in [-0.1, -0.05) is 11.8 Å². The van der Waals surface area contributed by atoms with Crippen molar-refractivity contribution in [3.63, 3.8) is 0 Å². The van der Waals surface area contributed by atoms with Gasteiger partial charge in [0.15, 0.2) is 0 Å². The molecule has 0 atom stereocenters. The van der Waals surface area contributed by atoms with E-state index in [4.69, 9.17) is 0 Å². The van der Waals surface area contributed by atoms with Crippen LogP contribution in [0.15, 0.2) is 5.16 Å². The standard InChI is InChI=1S/C5H10N5S/c1-9(2)4-10-5(11-3)6-7-8-10/h3-4H2,1-2H3. The van der Waals surface area contributed by atoms with Gasteiger partial charge in [-0.05, 0) is 24.5 Å². The lowest BCUT2D eigenvalue weighted by Crippen LogP contribution is -2.18. The van der Waals surface area contributed by atoms with Crippen molar-refractivity contribution in [2.75, 3.05) is 14.1 Å². The largest absolute Gasteiger partial charge is 0.290 e. The first-order valence-corrected chi connectivity index (χ1v) is 4.05. The van der Waals surface area contributed by atoms with Crippen molar-refractivity contribution < 1.29 is 0 Å². The van der Waals surface area contributed by atoms with Gasteiger partial charge < -0.3 is 0 Å². The smallest absolute Gasteiger partial charge is 0.210 e. The predicted molar refractivity (Wildman–Crippen MR) is 42.7 cm³/mol. The molecule has 0 bridgehead atoms. The van der Waals surface area contributed by atoms with E-state index in [1.165, 1.54) is 11.8 Å². The second kappa shape index (κ2) is 3.68. The number of nitrogens with zero attached hydrogens (tertiary/aromatic N) is 5. The Morgan fingerprint density at radius 3 is 2.91 bits per heavy atom. The van der Waals surface area contributed by atoms with Crippen LogP contribution < -0.4 is 0 Å². The summed E-state index contributed by atoms with van der Waals surface area (Å²) in [4.78, 5) is 1.98. The van der Waals surface area contributed by atoms with E-state index in [1.807, 2.05) is 19.0 Å². The van der Waals surface area contributed by atoms with Crippen molar-refractivity contribution >= 4 is 11.8 Å². The molecule has 1 rings (SSSR count). The van der Waals surface area contributed by atoms with E-state index in [-0.39, 0.29) is 0 Å². The molecule has 1 aromatic heterocycles. The molecule has 0 spiro atoms. The van der Waals surface area contributed by atoms with Crippen molar-refractivity contribution in [1.29, 1.82) is 0 Å². The van der Waals surface area contributed by atoms with Gasteiger partial charge in [0.2, 0.25) is 5.16 Å². The van der Waals surface area contributed by atoms with E-state index in [9.17, 15) is 0 Å². The van der Waals surface area contributed by atoms with Crippen LogP contribution in [0.3, 0.4) is 0 Å². The number of hydrogen-bond donors (Lipinski definition) is 0. The fourth-order valence-electron chi connectivity index (χ4n) is 0.656. The lowest BCUT2D eigenvalue weighted by atomic mass is 10.9. The van der Waals surface area contributed by atoms with Gasteiger partial charge in [0.05, 0.1) is 6.67 Å². The van der Waals surface area contributed by atoms with Crippen molar-refractivity contribution in [3.05, 3.63) is 6.26 Å². The summed E-state index contributed by atoms with van der Waals surface area (Å²) in [5.41, 5.74) is 0. The highest BCUT2D eigenvalue weighted by molar-refractivity contribution is 8.00. The predicted octanol–water partition coefficient (Wildman–Crippen LogP) is 0.0759. The lowest BCUT2D eigenvalue weighted by Gasteiger charge is -2.08. The minimum atomic E-state index is 0.685. The molecule has 0 aliphatic carbocycles. The van der Waals surface area contributed by atoms with Crippen LogP contribution in [0.1, 0.15) is 0 Å². The van der Waals surface area contributed by atoms with Crippen LogP contribution in [0.2, 0.25) is 0 Å². The third kappa shape index (κ3) is 2.16. The second-order valence-electron chi connectivity index (χ2n) is 2.33. The Kier molecular flexibility index (Phi) is 2.84. The number of thioether (sulfide) groups is 1. The molecular weight excluding hydrogens is 162 g/mol. The van der Waals surface area contributed by atoms with Gasteiger partial charge in [-0.25, -0.2) is 4.68 Å². The molecule has 1 aromatic rings. The van der Waals surface area contributed by atoms with Gasteiger partial charge in [0.1, 0.15) is 0 Å². The minimum absolute atomic E-state index is 0.685. The Hall–Kier alpha value is -0.620. The zero-order valence-corrected chi connectivity index (χ0v) is 7.38. The maximum Gasteiger partial charge on any atom is 0.210 e. The highest BCUT2D eigenvalue weighted by Gasteiger charge is 2.03. The molecule has 0 saturated heterocycles. The van der Waals surface area contributed by atoms with Gasteiger partial charge in [-0.2, -0.15) is 0 Å². The van der Waals surface area contributed by atoms with E-state index in [2.05, 4.69) is 21.8 Å². The number of hydrogen-bond acceptors (Lipinski definition) is 5. The van der Waals surface area contributed by atoms with E-state index in [1.54, 1.807) is 4.68 Å². The first-order valence-electron chi connectivity index (χ1n) is 3.07. The molecule has 0 amide bonds. The molecule has 0 aliphatic rings. The zero-order chi connectivity index (χ0) is 8.27. The van der Waals surface area contributed by atoms with E-state index in [0.717, 1.165) is 5.16 Å². The average Bonchev–Trinajstić information content (AvgIpc) is 2.34. The van der Waals surface area contributed by atoms with Gasteiger partial charge in [-0.15, -0.1) is 5.10 Å². The summed E-state index contributed by atoms with van der Waals surface area (Å²) in [6.45, 7) is 0.685. The number of tetrazole rings is 1. The van der Waals surface area contributed by atoms with Crippen LogP contribution in [0, 0.1) is 6.26 Å². The number of rotatable bonds is 3. The van der Waals surface area contributed by atoms with Gasteiger partial charge in [-0.3, -0.25) is 4.90 Å². The summed E-state index contributed by atoms with van der Waals surface area (Å²) in [7, 11) is 3.92. The molecule has 11 heavy (non-hydrogen) atoms. The summed E-state index contributed by atoms with van der Waals surface area (Å²) in [6, 6.07) is 0. The fourth-order valence-corrected chi connectivity index (χ4v) is 0.994. The van der Waals surface area contributed by atoms with E-state index in [0.29, 0.717) is 6.67 Å². The molecule has 0 aliphatic heterocycles. The molecule has 6 heteroatoms. The SMILES string of the molecule is [CH2]Sc1nnnn1CN(C)C. The summed E-state index contributed by atoms with van der Waals surface area (Å²) in [5.74, 6) is 0. The molecule has 0 fully saturated rings. The monoisotopic (exact) mass is 172 g/mol. The van der Waals surface area contributed by atoms with Crippen LogP contribution in [0.5, 0.6) is 0 Å². The normalized spacial score (nSPS) is 10.9. The zero-order valence-electron chi connectivity index (χ0n) is 6.56. The maximum absolute atomic E-state index is 3.78. The third-order valence-corrected chi connectivity index (χ3v) is 1.60. The van der Waals surface area contributed by atoms with Crippen molar-refractivity contribution in [2.45, 2.75) is 11.8 Å². The molecule has 61 valence electrons. The molecular formula is C5H10N5S. The lowest BCUT2D eigenvalue weighted by molar-refractivity contribution is 0.289. The van der Waals surface area contributed by atoms with Gasteiger partial charge in [0, 0.05) is 6.26 Å². The quantitative estimate of drug-likeness (QED) is 0.604. The maximum atomic E-state index is 3.78. The number of aromatic nitrogens is 4. The van der Waals surface area contributed by atoms with Crippen LogP contribution in [0.25, 0.3) is 0 Å². The van der Waals surface area contributed by atoms with Crippen LogP contribution in [-0.2, 0) is 6.67 Å². The Labute approximate surface area is 69.8 Å². The summed E-state index contributed by atoms with van der Waals surface area (Å²) in [6.07, 6.45) is 3.63. The third-order valence-electron chi connectivity index (χ3n) is 1.04. The Bertz CT molecular complexity index is 220.